The van der Waals surface area contributed by atoms with Crippen LogP contribution in [-0.2, 0) is 18.3 Å². The molecule has 0 atom stereocenters. The van der Waals surface area contributed by atoms with Crippen LogP contribution in [0.1, 0.15) is 101 Å². The molecule has 0 bridgehead atoms. The zero-order valence-electron chi connectivity index (χ0n) is 18.9. The Labute approximate surface area is 178 Å². The van der Waals surface area contributed by atoms with Crippen LogP contribution in [0.4, 0.5) is 0 Å². The summed E-state index contributed by atoms with van der Waals surface area (Å²) >= 11 is 0. The van der Waals surface area contributed by atoms with Gasteiger partial charge >= 0.3 is 0 Å². The van der Waals surface area contributed by atoms with E-state index < -0.39 is 0 Å². The van der Waals surface area contributed by atoms with Crippen molar-refractivity contribution in [2.75, 3.05) is 0 Å². The van der Waals surface area contributed by atoms with Gasteiger partial charge in [-0.3, -0.25) is 0 Å². The maximum Gasteiger partial charge on any atom is 0.118 e. The van der Waals surface area contributed by atoms with E-state index in [-0.39, 0.29) is 5.41 Å². The highest BCUT2D eigenvalue weighted by atomic mass is 16.3. The summed E-state index contributed by atoms with van der Waals surface area (Å²) < 4.78 is 0. The maximum absolute atomic E-state index is 10.4. The predicted molar refractivity (Wildman–Crippen MR) is 124 cm³/mol. The second kappa shape index (κ2) is 11.3. The summed E-state index contributed by atoms with van der Waals surface area (Å²) in [7, 11) is 0. The Kier molecular flexibility index (Phi) is 9.07. The van der Waals surface area contributed by atoms with Crippen molar-refractivity contribution in [2.45, 2.75) is 97.3 Å². The number of hydrogen-bond acceptors (Lipinski definition) is 2. The molecule has 0 aliphatic carbocycles. The number of aromatic hydroxyl groups is 2. The summed E-state index contributed by atoms with van der Waals surface area (Å²) in [5, 5.41) is 20.8. The highest BCUT2D eigenvalue weighted by Crippen LogP contribution is 2.43. The minimum atomic E-state index is -0.0840. The first kappa shape index (κ1) is 23.3. The largest absolute Gasteiger partial charge is 0.508 e. The number of phenols is 2. The van der Waals surface area contributed by atoms with E-state index in [9.17, 15) is 10.2 Å². The first-order valence-corrected chi connectivity index (χ1v) is 11.7. The van der Waals surface area contributed by atoms with Gasteiger partial charge in [0.15, 0.2) is 0 Å². The van der Waals surface area contributed by atoms with Gasteiger partial charge in [0.05, 0.1) is 0 Å². The summed E-state index contributed by atoms with van der Waals surface area (Å²) in [6.45, 7) is 8.89. The van der Waals surface area contributed by atoms with E-state index in [2.05, 4.69) is 52.0 Å². The van der Waals surface area contributed by atoms with Crippen LogP contribution in [0.2, 0.25) is 0 Å². The lowest BCUT2D eigenvalue weighted by atomic mass is 9.68. The van der Waals surface area contributed by atoms with E-state index >= 15 is 0 Å². The number of benzene rings is 2. The molecule has 2 heteroatoms. The molecule has 0 aliphatic heterocycles. The Hall–Kier alpha value is -1.96. The van der Waals surface area contributed by atoms with Gasteiger partial charge in [-0.2, -0.15) is 0 Å². The molecule has 2 N–H and O–H groups in total. The average molecular weight is 397 g/mol. The standard InChI is InChI=1S/C27H40O2/c1-5-9-12-21-19-23(14-16-25(21)28)27(8-4,18-11-7-3)24-15-17-26(29)22(20-24)13-10-6-2/h14-17,19-20,28-29H,5-13,18H2,1-4H3. The number of hydrogen-bond donors (Lipinski definition) is 2. The molecule has 0 spiro atoms. The highest BCUT2D eigenvalue weighted by Gasteiger charge is 2.33. The average Bonchev–Trinajstić information content (AvgIpc) is 2.74. The molecule has 0 unspecified atom stereocenters. The third-order valence-electron chi connectivity index (χ3n) is 6.42. The molecule has 0 aliphatic rings. The maximum atomic E-state index is 10.4. The Bertz CT molecular complexity index is 706. The topological polar surface area (TPSA) is 40.5 Å². The fourth-order valence-corrected chi connectivity index (χ4v) is 4.42. The predicted octanol–water partition coefficient (Wildman–Crippen LogP) is 7.67. The highest BCUT2D eigenvalue weighted by molar-refractivity contribution is 5.48. The van der Waals surface area contributed by atoms with Crippen LogP contribution in [0.3, 0.4) is 0 Å². The molecule has 0 aromatic heterocycles. The van der Waals surface area contributed by atoms with Gasteiger partial charge in [0.1, 0.15) is 11.5 Å². The molecule has 0 fully saturated rings. The molecule has 0 radical (unpaired) electrons. The molecule has 29 heavy (non-hydrogen) atoms. The van der Waals surface area contributed by atoms with Crippen molar-refractivity contribution in [1.82, 2.24) is 0 Å². The van der Waals surface area contributed by atoms with E-state index in [1.54, 1.807) is 0 Å². The SMILES string of the molecule is CCCCc1cc(C(CC)(CCCC)c2ccc(O)c(CCCC)c2)ccc1O. The van der Waals surface area contributed by atoms with Gasteiger partial charge < -0.3 is 10.2 Å². The molecule has 2 rings (SSSR count). The molecule has 160 valence electrons. The molecule has 2 nitrogen and oxygen atoms in total. The van der Waals surface area contributed by atoms with Crippen LogP contribution in [0.15, 0.2) is 36.4 Å². The van der Waals surface area contributed by atoms with Gasteiger partial charge in [-0.15, -0.1) is 0 Å². The first-order valence-electron chi connectivity index (χ1n) is 11.7. The molecular formula is C27H40O2. The molecule has 0 heterocycles. The van der Waals surface area contributed by atoms with Gasteiger partial charge in [0, 0.05) is 5.41 Å². The Morgan fingerprint density at radius 3 is 1.48 bits per heavy atom. The van der Waals surface area contributed by atoms with E-state index in [1.807, 2.05) is 12.1 Å². The summed E-state index contributed by atoms with van der Waals surface area (Å²) in [6, 6.07) is 12.5. The lowest BCUT2D eigenvalue weighted by molar-refractivity contribution is 0.429. The Morgan fingerprint density at radius 2 is 1.10 bits per heavy atom. The van der Waals surface area contributed by atoms with Crippen LogP contribution in [0, 0.1) is 0 Å². The van der Waals surface area contributed by atoms with E-state index in [1.165, 1.54) is 11.1 Å². The Morgan fingerprint density at radius 1 is 0.655 bits per heavy atom. The first-order chi connectivity index (χ1) is 14.0. The molecular weight excluding hydrogens is 356 g/mol. The van der Waals surface area contributed by atoms with E-state index in [4.69, 9.17) is 0 Å². The van der Waals surface area contributed by atoms with Crippen LogP contribution in [0.25, 0.3) is 0 Å². The lowest BCUT2D eigenvalue weighted by Gasteiger charge is -2.35. The van der Waals surface area contributed by atoms with Gasteiger partial charge in [0.25, 0.3) is 0 Å². The normalized spacial score (nSPS) is 11.7. The minimum absolute atomic E-state index is 0.0840. The summed E-state index contributed by atoms with van der Waals surface area (Å²) in [4.78, 5) is 0. The molecule has 2 aromatic carbocycles. The zero-order chi connectivity index (χ0) is 21.3. The summed E-state index contributed by atoms with van der Waals surface area (Å²) in [5.74, 6) is 0.828. The zero-order valence-corrected chi connectivity index (χ0v) is 18.9. The molecule has 0 amide bonds. The third-order valence-corrected chi connectivity index (χ3v) is 6.42. The fraction of sp³-hybridized carbons (Fsp3) is 0.556. The van der Waals surface area contributed by atoms with Gasteiger partial charge in [0.2, 0.25) is 0 Å². The van der Waals surface area contributed by atoms with Crippen molar-refractivity contribution >= 4 is 0 Å². The molecule has 0 saturated carbocycles. The molecule has 2 aromatic rings. The Balaban J connectivity index is 2.57. The minimum Gasteiger partial charge on any atom is -0.508 e. The fourth-order valence-electron chi connectivity index (χ4n) is 4.42. The quantitative estimate of drug-likeness (QED) is 0.386. The second-order valence-corrected chi connectivity index (χ2v) is 8.43. The lowest BCUT2D eigenvalue weighted by Crippen LogP contribution is -2.27. The number of aryl methyl sites for hydroxylation is 2. The second-order valence-electron chi connectivity index (χ2n) is 8.43. The van der Waals surface area contributed by atoms with Crippen LogP contribution in [-0.4, -0.2) is 10.2 Å². The van der Waals surface area contributed by atoms with Crippen LogP contribution in [0.5, 0.6) is 11.5 Å². The van der Waals surface area contributed by atoms with Crippen molar-refractivity contribution in [3.8, 4) is 11.5 Å². The van der Waals surface area contributed by atoms with Gasteiger partial charge in [-0.05, 0) is 72.9 Å². The monoisotopic (exact) mass is 396 g/mol. The number of rotatable bonds is 12. The van der Waals surface area contributed by atoms with Gasteiger partial charge in [-0.25, -0.2) is 0 Å². The van der Waals surface area contributed by atoms with Crippen LogP contribution < -0.4 is 0 Å². The number of phenolic OH excluding ortho intramolecular Hbond substituents is 2. The van der Waals surface area contributed by atoms with Crippen molar-refractivity contribution < 1.29 is 10.2 Å². The van der Waals surface area contributed by atoms with Crippen molar-refractivity contribution in [1.29, 1.82) is 0 Å². The van der Waals surface area contributed by atoms with Gasteiger partial charge in [-0.1, -0.05) is 77.6 Å². The summed E-state index contributed by atoms with van der Waals surface area (Å²) in [6.07, 6.45) is 10.7. The summed E-state index contributed by atoms with van der Waals surface area (Å²) in [5.41, 5.74) is 4.63. The van der Waals surface area contributed by atoms with Crippen molar-refractivity contribution in [3.05, 3.63) is 58.7 Å². The van der Waals surface area contributed by atoms with Crippen molar-refractivity contribution in [2.24, 2.45) is 0 Å². The smallest absolute Gasteiger partial charge is 0.118 e. The number of unbranched alkanes of at least 4 members (excludes halogenated alkanes) is 3. The van der Waals surface area contributed by atoms with Crippen LogP contribution >= 0.6 is 0 Å². The van der Waals surface area contributed by atoms with E-state index in [0.29, 0.717) is 11.5 Å². The van der Waals surface area contributed by atoms with Crippen molar-refractivity contribution in [3.63, 3.8) is 0 Å². The molecule has 0 saturated heterocycles. The third kappa shape index (κ3) is 5.56. The van der Waals surface area contributed by atoms with E-state index in [0.717, 1.165) is 75.3 Å².